The van der Waals surface area contributed by atoms with E-state index < -0.39 is 0 Å². The van der Waals surface area contributed by atoms with Crippen LogP contribution in [-0.2, 0) is 0 Å². The van der Waals surface area contributed by atoms with Gasteiger partial charge in [0.25, 0.3) is 0 Å². The van der Waals surface area contributed by atoms with Gasteiger partial charge in [-0.05, 0) is 25.0 Å². The van der Waals surface area contributed by atoms with E-state index in [0.29, 0.717) is 5.75 Å². The fourth-order valence-corrected chi connectivity index (χ4v) is 2.92. The maximum atomic E-state index is 13.0. The molecular formula is C17H25IO2. The summed E-state index contributed by atoms with van der Waals surface area (Å²) in [6.07, 6.45) is 6.35. The molecule has 1 rings (SSSR count). The summed E-state index contributed by atoms with van der Waals surface area (Å²) in [5.41, 5.74) is 0.453. The Bertz CT molecular complexity index is 421. The number of benzene rings is 1. The minimum atomic E-state index is -0.267. The zero-order valence-electron chi connectivity index (χ0n) is 12.7. The topological polar surface area (TPSA) is 26.3 Å². The van der Waals surface area contributed by atoms with Crippen molar-refractivity contribution in [3.8, 4) is 5.75 Å². The SMILES string of the molecule is CCCCC(C)(CCCC)C(=O)c1ccccc1OI. The Hall–Kier alpha value is -0.580. The molecule has 0 saturated heterocycles. The van der Waals surface area contributed by atoms with Crippen molar-refractivity contribution in [2.24, 2.45) is 5.41 Å². The van der Waals surface area contributed by atoms with Gasteiger partial charge in [-0.3, -0.25) is 4.79 Å². The third-order valence-electron chi connectivity index (χ3n) is 3.93. The molecule has 2 nitrogen and oxygen atoms in total. The first kappa shape index (κ1) is 17.5. The zero-order chi connectivity index (χ0) is 15.0. The number of hydrogen-bond donors (Lipinski definition) is 0. The summed E-state index contributed by atoms with van der Waals surface area (Å²) in [6, 6.07) is 7.55. The smallest absolute Gasteiger partial charge is 0.192 e. The Morgan fingerprint density at radius 3 is 2.20 bits per heavy atom. The molecule has 0 amide bonds. The van der Waals surface area contributed by atoms with Gasteiger partial charge in [0, 0.05) is 5.41 Å². The van der Waals surface area contributed by atoms with E-state index in [1.165, 1.54) is 0 Å². The third kappa shape index (κ3) is 4.47. The average molecular weight is 388 g/mol. The van der Waals surface area contributed by atoms with Gasteiger partial charge in [0.15, 0.2) is 28.8 Å². The molecule has 0 aliphatic carbocycles. The normalized spacial score (nSPS) is 11.4. The number of halogens is 1. The van der Waals surface area contributed by atoms with Gasteiger partial charge < -0.3 is 3.07 Å². The minimum absolute atomic E-state index is 0.228. The minimum Gasteiger partial charge on any atom is -0.427 e. The second kappa shape index (κ2) is 8.65. The lowest BCUT2D eigenvalue weighted by molar-refractivity contribution is 0.0778. The number of ketones is 1. The molecule has 0 aliphatic rings. The van der Waals surface area contributed by atoms with Crippen LogP contribution in [0.3, 0.4) is 0 Å². The molecule has 0 unspecified atom stereocenters. The Balaban J connectivity index is 3.02. The molecule has 0 atom stereocenters. The molecule has 0 radical (unpaired) electrons. The van der Waals surface area contributed by atoms with E-state index in [-0.39, 0.29) is 11.2 Å². The summed E-state index contributed by atoms with van der Waals surface area (Å²) in [7, 11) is 0. The predicted octanol–water partition coefficient (Wildman–Crippen LogP) is 5.98. The van der Waals surface area contributed by atoms with E-state index in [9.17, 15) is 4.79 Å². The summed E-state index contributed by atoms with van der Waals surface area (Å²) in [6.45, 7) is 6.46. The lowest BCUT2D eigenvalue weighted by Crippen LogP contribution is -2.28. The highest BCUT2D eigenvalue weighted by Crippen LogP contribution is 2.37. The van der Waals surface area contributed by atoms with Gasteiger partial charge >= 0.3 is 0 Å². The molecule has 1 aromatic rings. The van der Waals surface area contributed by atoms with Gasteiger partial charge in [0.1, 0.15) is 5.75 Å². The summed E-state index contributed by atoms with van der Waals surface area (Å²) >= 11 is 1.85. The van der Waals surface area contributed by atoms with E-state index in [2.05, 4.69) is 20.8 Å². The molecule has 20 heavy (non-hydrogen) atoms. The van der Waals surface area contributed by atoms with Gasteiger partial charge in [-0.15, -0.1) is 0 Å². The van der Waals surface area contributed by atoms with Gasteiger partial charge in [0.2, 0.25) is 0 Å². The number of para-hydroxylation sites is 1. The van der Waals surface area contributed by atoms with Crippen LogP contribution in [0.1, 0.15) is 69.7 Å². The Morgan fingerprint density at radius 2 is 1.70 bits per heavy atom. The van der Waals surface area contributed by atoms with Crippen molar-refractivity contribution in [2.75, 3.05) is 0 Å². The van der Waals surface area contributed by atoms with E-state index in [4.69, 9.17) is 3.07 Å². The molecule has 0 saturated carbocycles. The van der Waals surface area contributed by atoms with Crippen LogP contribution in [0.15, 0.2) is 24.3 Å². The van der Waals surface area contributed by atoms with Crippen molar-refractivity contribution >= 4 is 28.8 Å². The lowest BCUT2D eigenvalue weighted by atomic mass is 9.74. The lowest BCUT2D eigenvalue weighted by Gasteiger charge is -2.28. The van der Waals surface area contributed by atoms with Crippen molar-refractivity contribution in [1.29, 1.82) is 0 Å². The molecule has 0 heterocycles. The maximum absolute atomic E-state index is 13.0. The largest absolute Gasteiger partial charge is 0.427 e. The fraction of sp³-hybridized carbons (Fsp3) is 0.588. The molecule has 0 N–H and O–H groups in total. The van der Waals surface area contributed by atoms with E-state index >= 15 is 0 Å². The van der Waals surface area contributed by atoms with Crippen molar-refractivity contribution in [3.05, 3.63) is 29.8 Å². The second-order valence-corrected chi connectivity index (χ2v) is 6.11. The number of hydrogen-bond acceptors (Lipinski definition) is 2. The summed E-state index contributed by atoms with van der Waals surface area (Å²) in [4.78, 5) is 13.0. The van der Waals surface area contributed by atoms with Crippen LogP contribution in [0, 0.1) is 5.41 Å². The molecule has 0 fully saturated rings. The second-order valence-electron chi connectivity index (χ2n) is 5.67. The molecule has 0 aromatic heterocycles. The molecule has 0 spiro atoms. The molecule has 112 valence electrons. The number of Topliss-reactive ketones (excluding diaryl/α,β-unsaturated/α-hetero) is 1. The van der Waals surface area contributed by atoms with Crippen LogP contribution in [0.25, 0.3) is 0 Å². The van der Waals surface area contributed by atoms with Gasteiger partial charge in [0.05, 0.1) is 5.56 Å². The van der Waals surface area contributed by atoms with Crippen LogP contribution in [0.2, 0.25) is 0 Å². The highest BCUT2D eigenvalue weighted by Gasteiger charge is 2.34. The van der Waals surface area contributed by atoms with Crippen molar-refractivity contribution in [2.45, 2.75) is 59.3 Å². The van der Waals surface area contributed by atoms with Crippen LogP contribution >= 0.6 is 23.0 Å². The predicted molar refractivity (Wildman–Crippen MR) is 92.6 cm³/mol. The van der Waals surface area contributed by atoms with Crippen molar-refractivity contribution in [3.63, 3.8) is 0 Å². The summed E-state index contributed by atoms with van der Waals surface area (Å²) in [5, 5.41) is 0. The highest BCUT2D eigenvalue weighted by molar-refractivity contribution is 14.1. The standard InChI is InChI=1S/C17H25IO2/c1-4-6-12-17(3,13-7-5-2)16(19)14-10-8-9-11-15(14)20-18/h8-11H,4-7,12-13H2,1-3H3. The average Bonchev–Trinajstić information content (AvgIpc) is 2.50. The van der Waals surface area contributed by atoms with Gasteiger partial charge in [-0.2, -0.15) is 0 Å². The summed E-state index contributed by atoms with van der Waals surface area (Å²) < 4.78 is 5.32. The Labute approximate surface area is 137 Å². The monoisotopic (exact) mass is 388 g/mol. The maximum Gasteiger partial charge on any atom is 0.192 e. The van der Waals surface area contributed by atoms with Crippen LogP contribution in [0.5, 0.6) is 5.75 Å². The fourth-order valence-electron chi connectivity index (χ4n) is 2.53. The Kier molecular flexibility index (Phi) is 7.56. The third-order valence-corrected chi connectivity index (χ3v) is 4.40. The van der Waals surface area contributed by atoms with E-state index in [1.54, 1.807) is 0 Å². The van der Waals surface area contributed by atoms with Crippen molar-refractivity contribution in [1.82, 2.24) is 0 Å². The number of carbonyl (C=O) groups excluding carboxylic acids is 1. The first-order valence-electron chi connectivity index (χ1n) is 7.51. The summed E-state index contributed by atoms with van der Waals surface area (Å²) in [5.74, 6) is 0.906. The van der Waals surface area contributed by atoms with Crippen LogP contribution < -0.4 is 3.07 Å². The first-order valence-corrected chi connectivity index (χ1v) is 8.39. The highest BCUT2D eigenvalue weighted by atomic mass is 127. The number of rotatable bonds is 9. The Morgan fingerprint density at radius 1 is 1.15 bits per heavy atom. The number of carbonyl (C=O) groups is 1. The molecule has 0 aliphatic heterocycles. The molecular weight excluding hydrogens is 363 g/mol. The zero-order valence-corrected chi connectivity index (χ0v) is 14.9. The first-order chi connectivity index (χ1) is 9.59. The van der Waals surface area contributed by atoms with Crippen molar-refractivity contribution < 1.29 is 7.86 Å². The van der Waals surface area contributed by atoms with E-state index in [1.807, 2.05) is 47.3 Å². The molecule has 3 heteroatoms. The number of unbranched alkanes of at least 4 members (excludes halogenated alkanes) is 2. The van der Waals surface area contributed by atoms with Crippen LogP contribution in [0.4, 0.5) is 0 Å². The molecule has 0 bridgehead atoms. The van der Waals surface area contributed by atoms with E-state index in [0.717, 1.165) is 44.1 Å². The van der Waals surface area contributed by atoms with Crippen LogP contribution in [-0.4, -0.2) is 5.78 Å². The molecule has 1 aromatic carbocycles. The quantitative estimate of drug-likeness (QED) is 0.384. The van der Waals surface area contributed by atoms with Gasteiger partial charge in [-0.1, -0.05) is 58.6 Å². The van der Waals surface area contributed by atoms with Gasteiger partial charge in [-0.25, -0.2) is 0 Å².